The molecule has 2 fully saturated rings. The van der Waals surface area contributed by atoms with Crippen molar-refractivity contribution in [1.29, 1.82) is 0 Å². The molecule has 2 bridgehead atoms. The predicted molar refractivity (Wildman–Crippen MR) is 81.0 cm³/mol. The van der Waals surface area contributed by atoms with E-state index in [-0.39, 0.29) is 10.9 Å². The minimum Gasteiger partial charge on any atom is -0.408 e. The number of hydrogen-bond acceptors (Lipinski definition) is 4. The minimum absolute atomic E-state index is 0.0437. The van der Waals surface area contributed by atoms with Gasteiger partial charge >= 0.3 is 5.76 Å². The zero-order valence-electron chi connectivity index (χ0n) is 12.3. The summed E-state index contributed by atoms with van der Waals surface area (Å²) in [5, 5.41) is 0. The second-order valence-electron chi connectivity index (χ2n) is 6.46. The molecule has 2 aliphatic rings. The first-order valence-electron chi connectivity index (χ1n) is 7.56. The van der Waals surface area contributed by atoms with Crippen LogP contribution in [0.5, 0.6) is 0 Å². The number of oxazole rings is 1. The van der Waals surface area contributed by atoms with Crippen LogP contribution in [0.2, 0.25) is 0 Å². The summed E-state index contributed by atoms with van der Waals surface area (Å²) >= 11 is 0. The van der Waals surface area contributed by atoms with E-state index in [4.69, 9.17) is 4.42 Å². The molecule has 1 heterocycles. The molecule has 0 aliphatic heterocycles. The SMILES string of the molecule is Cn1c(=O)oc2cc(S(=O)(=O)NC3CC4CCC3C4)ccc21. The highest BCUT2D eigenvalue weighted by Gasteiger charge is 2.41. The van der Waals surface area contributed by atoms with E-state index in [0.29, 0.717) is 22.9 Å². The summed E-state index contributed by atoms with van der Waals surface area (Å²) in [6, 6.07) is 4.59. The average Bonchev–Trinajstić information content (AvgIpc) is 3.14. The molecular formula is C15H18N2O4S. The number of sulfonamides is 1. The van der Waals surface area contributed by atoms with Gasteiger partial charge < -0.3 is 4.42 Å². The van der Waals surface area contributed by atoms with Crippen molar-refractivity contribution in [3.8, 4) is 0 Å². The fraction of sp³-hybridized carbons (Fsp3) is 0.533. The molecule has 4 rings (SSSR count). The molecule has 7 heteroatoms. The molecule has 2 aromatic rings. The van der Waals surface area contributed by atoms with Gasteiger partial charge in [-0.05, 0) is 43.2 Å². The number of fused-ring (bicyclic) bond motifs is 3. The van der Waals surface area contributed by atoms with E-state index >= 15 is 0 Å². The van der Waals surface area contributed by atoms with Gasteiger partial charge in [-0.2, -0.15) is 0 Å². The number of nitrogens with zero attached hydrogens (tertiary/aromatic N) is 1. The van der Waals surface area contributed by atoms with E-state index in [1.165, 1.54) is 23.1 Å². The molecule has 0 radical (unpaired) electrons. The lowest BCUT2D eigenvalue weighted by atomic mass is 9.96. The van der Waals surface area contributed by atoms with Crippen molar-refractivity contribution < 1.29 is 12.8 Å². The first-order valence-corrected chi connectivity index (χ1v) is 9.04. The van der Waals surface area contributed by atoms with E-state index in [0.717, 1.165) is 19.3 Å². The molecule has 2 aliphatic carbocycles. The van der Waals surface area contributed by atoms with Gasteiger partial charge in [-0.25, -0.2) is 17.9 Å². The topological polar surface area (TPSA) is 81.3 Å². The van der Waals surface area contributed by atoms with Crippen LogP contribution in [0.1, 0.15) is 25.7 Å². The molecule has 2 saturated carbocycles. The van der Waals surface area contributed by atoms with Crippen LogP contribution in [0, 0.1) is 11.8 Å². The molecule has 22 heavy (non-hydrogen) atoms. The third kappa shape index (κ3) is 2.11. The number of aryl methyl sites for hydroxylation is 1. The van der Waals surface area contributed by atoms with Gasteiger partial charge in [0, 0.05) is 19.2 Å². The Bertz CT molecular complexity index is 896. The fourth-order valence-corrected chi connectivity index (χ4v) is 5.27. The maximum absolute atomic E-state index is 12.6. The summed E-state index contributed by atoms with van der Waals surface area (Å²) in [6.07, 6.45) is 4.42. The Kier molecular flexibility index (Phi) is 2.99. The Morgan fingerprint density at radius 2 is 2.09 bits per heavy atom. The highest BCUT2D eigenvalue weighted by molar-refractivity contribution is 7.89. The summed E-state index contributed by atoms with van der Waals surface area (Å²) in [6.45, 7) is 0. The molecule has 1 aromatic heterocycles. The van der Waals surface area contributed by atoms with Crippen molar-refractivity contribution in [3.05, 3.63) is 28.7 Å². The largest absolute Gasteiger partial charge is 0.419 e. The lowest BCUT2D eigenvalue weighted by Crippen LogP contribution is -2.38. The number of rotatable bonds is 3. The Hall–Kier alpha value is -1.60. The molecule has 0 amide bonds. The van der Waals surface area contributed by atoms with Crippen LogP contribution in [0.25, 0.3) is 11.1 Å². The van der Waals surface area contributed by atoms with Crippen molar-refractivity contribution in [2.75, 3.05) is 0 Å². The second-order valence-corrected chi connectivity index (χ2v) is 8.17. The molecular weight excluding hydrogens is 304 g/mol. The van der Waals surface area contributed by atoms with E-state index in [9.17, 15) is 13.2 Å². The van der Waals surface area contributed by atoms with Gasteiger partial charge in [0.05, 0.1) is 10.4 Å². The Labute approximate surface area is 128 Å². The van der Waals surface area contributed by atoms with E-state index in [1.807, 2.05) is 0 Å². The Morgan fingerprint density at radius 3 is 2.77 bits per heavy atom. The summed E-state index contributed by atoms with van der Waals surface area (Å²) in [5.41, 5.74) is 0.882. The van der Waals surface area contributed by atoms with Crippen LogP contribution in [0.3, 0.4) is 0 Å². The van der Waals surface area contributed by atoms with Crippen LogP contribution in [-0.4, -0.2) is 19.0 Å². The number of benzene rings is 1. The highest BCUT2D eigenvalue weighted by atomic mass is 32.2. The van der Waals surface area contributed by atoms with Crippen molar-refractivity contribution in [2.45, 2.75) is 36.6 Å². The third-order valence-electron chi connectivity index (χ3n) is 5.12. The predicted octanol–water partition coefficient (Wildman–Crippen LogP) is 1.60. The lowest BCUT2D eigenvalue weighted by molar-refractivity contribution is 0.390. The highest BCUT2D eigenvalue weighted by Crippen LogP contribution is 2.44. The Morgan fingerprint density at radius 1 is 1.27 bits per heavy atom. The summed E-state index contributed by atoms with van der Waals surface area (Å²) in [7, 11) is -1.99. The van der Waals surface area contributed by atoms with Crippen molar-refractivity contribution in [1.82, 2.24) is 9.29 Å². The summed E-state index contributed by atoms with van der Waals surface area (Å²) < 4.78 is 34.4. The van der Waals surface area contributed by atoms with Gasteiger partial charge in [0.2, 0.25) is 10.0 Å². The van der Waals surface area contributed by atoms with Crippen molar-refractivity contribution in [2.24, 2.45) is 18.9 Å². The monoisotopic (exact) mass is 322 g/mol. The smallest absolute Gasteiger partial charge is 0.408 e. The summed E-state index contributed by atoms with van der Waals surface area (Å²) in [4.78, 5) is 11.6. The van der Waals surface area contributed by atoms with Gasteiger partial charge in [-0.3, -0.25) is 4.57 Å². The molecule has 3 atom stereocenters. The molecule has 1 aromatic carbocycles. The minimum atomic E-state index is -3.58. The molecule has 0 spiro atoms. The normalized spacial score (nSPS) is 27.8. The quantitative estimate of drug-likeness (QED) is 0.930. The number of nitrogens with one attached hydrogen (secondary N) is 1. The molecule has 3 unspecified atom stereocenters. The average molecular weight is 322 g/mol. The summed E-state index contributed by atoms with van der Waals surface area (Å²) in [5.74, 6) is 0.649. The zero-order valence-corrected chi connectivity index (χ0v) is 13.1. The molecule has 1 N–H and O–H groups in total. The fourth-order valence-electron chi connectivity index (χ4n) is 3.94. The van der Waals surface area contributed by atoms with Crippen LogP contribution in [0.4, 0.5) is 0 Å². The molecule has 6 nitrogen and oxygen atoms in total. The Balaban J connectivity index is 1.66. The third-order valence-corrected chi connectivity index (χ3v) is 6.61. The molecule has 0 saturated heterocycles. The van der Waals surface area contributed by atoms with Gasteiger partial charge in [0.15, 0.2) is 5.58 Å². The number of hydrogen-bond donors (Lipinski definition) is 1. The van der Waals surface area contributed by atoms with Gasteiger partial charge in [0.1, 0.15) is 0 Å². The van der Waals surface area contributed by atoms with E-state index < -0.39 is 15.8 Å². The van der Waals surface area contributed by atoms with Crippen molar-refractivity contribution >= 4 is 21.1 Å². The van der Waals surface area contributed by atoms with Gasteiger partial charge in [-0.1, -0.05) is 6.42 Å². The maximum atomic E-state index is 12.6. The van der Waals surface area contributed by atoms with E-state index in [1.54, 1.807) is 13.1 Å². The standard InChI is InChI=1S/C15H18N2O4S/c1-17-13-5-4-11(8-14(13)21-15(17)18)22(19,20)16-12-7-9-2-3-10(12)6-9/h4-5,8-10,12,16H,2-3,6-7H2,1H3. The van der Waals surface area contributed by atoms with E-state index in [2.05, 4.69) is 4.72 Å². The van der Waals surface area contributed by atoms with Crippen molar-refractivity contribution in [3.63, 3.8) is 0 Å². The maximum Gasteiger partial charge on any atom is 0.419 e. The van der Waals surface area contributed by atoms with Gasteiger partial charge in [-0.15, -0.1) is 0 Å². The van der Waals surface area contributed by atoms with Gasteiger partial charge in [0.25, 0.3) is 0 Å². The lowest BCUT2D eigenvalue weighted by Gasteiger charge is -2.22. The van der Waals surface area contributed by atoms with Crippen LogP contribution in [0.15, 0.2) is 32.3 Å². The van der Waals surface area contributed by atoms with Crippen LogP contribution < -0.4 is 10.5 Å². The van der Waals surface area contributed by atoms with Crippen LogP contribution in [-0.2, 0) is 17.1 Å². The first-order chi connectivity index (χ1) is 10.4. The molecule has 118 valence electrons. The number of aromatic nitrogens is 1. The second kappa shape index (κ2) is 4.70. The first kappa shape index (κ1) is 14.0. The van der Waals surface area contributed by atoms with Crippen LogP contribution >= 0.6 is 0 Å². The zero-order chi connectivity index (χ0) is 15.5.